The molecule has 0 bridgehead atoms. The Labute approximate surface area is 152 Å². The molecule has 0 saturated heterocycles. The van der Waals surface area contributed by atoms with Crippen molar-refractivity contribution in [1.82, 2.24) is 0 Å². The van der Waals surface area contributed by atoms with E-state index in [1.54, 1.807) is 13.8 Å². The summed E-state index contributed by atoms with van der Waals surface area (Å²) >= 11 is 0. The van der Waals surface area contributed by atoms with E-state index in [1.807, 2.05) is 37.1 Å². The highest BCUT2D eigenvalue weighted by atomic mass is 16.6. The molecular formula is C19H21N5O2. The first-order valence-corrected chi connectivity index (χ1v) is 8.19. The van der Waals surface area contributed by atoms with Crippen LogP contribution in [0, 0.1) is 42.2 Å². The molecule has 2 rings (SSSR count). The molecule has 0 unspecified atom stereocenters. The zero-order chi connectivity index (χ0) is 19.3. The van der Waals surface area contributed by atoms with E-state index in [9.17, 15) is 10.1 Å². The van der Waals surface area contributed by atoms with Gasteiger partial charge >= 0.3 is 0 Å². The van der Waals surface area contributed by atoms with Gasteiger partial charge in [0.25, 0.3) is 5.69 Å². The summed E-state index contributed by atoms with van der Waals surface area (Å²) in [5.74, 6) is 0. The Morgan fingerprint density at radius 2 is 1.77 bits per heavy atom. The van der Waals surface area contributed by atoms with E-state index in [0.717, 1.165) is 16.9 Å². The van der Waals surface area contributed by atoms with Crippen LogP contribution in [0.25, 0.3) is 0 Å². The standard InChI is InChI=1S/C19H21N5O2/c1-13-10-16(23(4)9-5-8-20)6-7-18(13)21-22-19-14(2)11-17(24(25)26)12-15(19)3/h6-7,10-12H,5,9H2,1-4H3. The van der Waals surface area contributed by atoms with E-state index in [-0.39, 0.29) is 5.69 Å². The number of rotatable bonds is 6. The first-order chi connectivity index (χ1) is 12.3. The summed E-state index contributed by atoms with van der Waals surface area (Å²) in [6, 6.07) is 11.0. The highest BCUT2D eigenvalue weighted by molar-refractivity contribution is 5.59. The lowest BCUT2D eigenvalue weighted by molar-refractivity contribution is -0.384. The molecule has 26 heavy (non-hydrogen) atoms. The van der Waals surface area contributed by atoms with Gasteiger partial charge in [0.2, 0.25) is 0 Å². The molecule has 7 heteroatoms. The molecule has 0 aliphatic carbocycles. The number of non-ortho nitro benzene ring substituents is 1. The topological polar surface area (TPSA) is 94.9 Å². The fourth-order valence-corrected chi connectivity index (χ4v) is 2.64. The van der Waals surface area contributed by atoms with Gasteiger partial charge in [-0.15, -0.1) is 5.11 Å². The first-order valence-electron chi connectivity index (χ1n) is 8.19. The van der Waals surface area contributed by atoms with Crippen LogP contribution in [0.3, 0.4) is 0 Å². The minimum Gasteiger partial charge on any atom is -0.374 e. The Kier molecular flexibility index (Phi) is 6.02. The molecule has 0 aliphatic heterocycles. The number of nitro benzene ring substituents is 1. The van der Waals surface area contributed by atoms with E-state index in [4.69, 9.17) is 5.26 Å². The molecule has 7 nitrogen and oxygen atoms in total. The maximum atomic E-state index is 10.9. The average molecular weight is 351 g/mol. The summed E-state index contributed by atoms with van der Waals surface area (Å²) in [5.41, 5.74) is 4.84. The van der Waals surface area contributed by atoms with Crippen LogP contribution in [-0.2, 0) is 0 Å². The van der Waals surface area contributed by atoms with E-state index >= 15 is 0 Å². The number of benzene rings is 2. The lowest BCUT2D eigenvalue weighted by Crippen LogP contribution is -2.17. The predicted octanol–water partition coefficient (Wildman–Crippen LogP) is 5.29. The maximum Gasteiger partial charge on any atom is 0.270 e. The van der Waals surface area contributed by atoms with Gasteiger partial charge in [-0.05, 0) is 55.7 Å². The van der Waals surface area contributed by atoms with Crippen LogP contribution in [0.2, 0.25) is 0 Å². The Bertz CT molecular complexity index is 876. The quantitative estimate of drug-likeness (QED) is 0.401. The van der Waals surface area contributed by atoms with Gasteiger partial charge in [-0.3, -0.25) is 10.1 Å². The Hall–Kier alpha value is -3.27. The molecule has 0 amide bonds. The third kappa shape index (κ3) is 4.42. The number of nitrogens with zero attached hydrogens (tertiary/aromatic N) is 5. The number of anilines is 1. The van der Waals surface area contributed by atoms with Gasteiger partial charge in [-0.1, -0.05) is 0 Å². The zero-order valence-electron chi connectivity index (χ0n) is 15.4. The second-order valence-electron chi connectivity index (χ2n) is 6.19. The molecule has 2 aromatic rings. The van der Waals surface area contributed by atoms with Crippen molar-refractivity contribution in [1.29, 1.82) is 5.26 Å². The molecule has 134 valence electrons. The molecule has 2 aromatic carbocycles. The molecule has 0 fully saturated rings. The lowest BCUT2D eigenvalue weighted by Gasteiger charge is -2.18. The minimum atomic E-state index is -0.410. The van der Waals surface area contributed by atoms with Crippen LogP contribution in [0.5, 0.6) is 0 Å². The van der Waals surface area contributed by atoms with Crippen molar-refractivity contribution in [2.45, 2.75) is 27.2 Å². The molecule has 0 heterocycles. The maximum absolute atomic E-state index is 10.9. The van der Waals surface area contributed by atoms with Crippen LogP contribution in [0.15, 0.2) is 40.6 Å². The molecule has 0 spiro atoms. The normalized spacial score (nSPS) is 10.7. The predicted molar refractivity (Wildman–Crippen MR) is 101 cm³/mol. The highest BCUT2D eigenvalue weighted by Gasteiger charge is 2.12. The lowest BCUT2D eigenvalue weighted by atomic mass is 10.1. The summed E-state index contributed by atoms with van der Waals surface area (Å²) in [6.07, 6.45) is 0.468. The fourth-order valence-electron chi connectivity index (χ4n) is 2.64. The summed E-state index contributed by atoms with van der Waals surface area (Å²) in [5, 5.41) is 28.2. The molecule has 0 radical (unpaired) electrons. The largest absolute Gasteiger partial charge is 0.374 e. The van der Waals surface area contributed by atoms with Gasteiger partial charge < -0.3 is 4.90 Å². The van der Waals surface area contributed by atoms with E-state index in [1.165, 1.54) is 12.1 Å². The number of aryl methyl sites for hydroxylation is 3. The fraction of sp³-hybridized carbons (Fsp3) is 0.316. The van der Waals surface area contributed by atoms with Crippen LogP contribution >= 0.6 is 0 Å². The molecule has 0 atom stereocenters. The Morgan fingerprint density at radius 1 is 1.12 bits per heavy atom. The van der Waals surface area contributed by atoms with Gasteiger partial charge in [0.05, 0.1) is 28.8 Å². The van der Waals surface area contributed by atoms with Crippen LogP contribution in [0.1, 0.15) is 23.1 Å². The van der Waals surface area contributed by atoms with Gasteiger partial charge in [-0.25, -0.2) is 0 Å². The van der Waals surface area contributed by atoms with Gasteiger partial charge in [0.15, 0.2) is 0 Å². The van der Waals surface area contributed by atoms with Crippen LogP contribution in [-0.4, -0.2) is 18.5 Å². The van der Waals surface area contributed by atoms with Crippen molar-refractivity contribution in [3.8, 4) is 6.07 Å². The monoisotopic (exact) mass is 351 g/mol. The highest BCUT2D eigenvalue weighted by Crippen LogP contribution is 2.31. The third-order valence-corrected chi connectivity index (χ3v) is 4.12. The summed E-state index contributed by atoms with van der Waals surface area (Å²) < 4.78 is 0. The van der Waals surface area contributed by atoms with Gasteiger partial charge in [-0.2, -0.15) is 10.4 Å². The summed E-state index contributed by atoms with van der Waals surface area (Å²) in [7, 11) is 1.94. The van der Waals surface area contributed by atoms with Gasteiger partial charge in [0, 0.05) is 31.4 Å². The number of nitro groups is 1. The molecule has 0 aromatic heterocycles. The summed E-state index contributed by atoms with van der Waals surface area (Å²) in [6.45, 7) is 6.19. The van der Waals surface area contributed by atoms with E-state index < -0.39 is 4.92 Å². The van der Waals surface area contributed by atoms with E-state index in [0.29, 0.717) is 29.8 Å². The SMILES string of the molecule is Cc1cc(N(C)CCC#N)ccc1N=Nc1c(C)cc([N+](=O)[O-])cc1C. The zero-order valence-corrected chi connectivity index (χ0v) is 15.4. The Balaban J connectivity index is 2.26. The minimum absolute atomic E-state index is 0.0555. The van der Waals surface area contributed by atoms with Crippen molar-refractivity contribution in [3.05, 3.63) is 57.1 Å². The second kappa shape index (κ2) is 8.21. The van der Waals surface area contributed by atoms with Crippen molar-refractivity contribution in [3.63, 3.8) is 0 Å². The van der Waals surface area contributed by atoms with Crippen molar-refractivity contribution >= 4 is 22.7 Å². The number of azo groups is 1. The molecule has 0 saturated carbocycles. The van der Waals surface area contributed by atoms with E-state index in [2.05, 4.69) is 16.3 Å². The number of hydrogen-bond donors (Lipinski definition) is 0. The van der Waals surface area contributed by atoms with Crippen molar-refractivity contribution in [2.24, 2.45) is 10.2 Å². The van der Waals surface area contributed by atoms with Crippen molar-refractivity contribution < 1.29 is 4.92 Å². The van der Waals surface area contributed by atoms with Crippen LogP contribution < -0.4 is 4.90 Å². The van der Waals surface area contributed by atoms with Crippen molar-refractivity contribution in [2.75, 3.05) is 18.5 Å². The molecule has 0 aliphatic rings. The molecule has 0 N–H and O–H groups in total. The summed E-state index contributed by atoms with van der Waals surface area (Å²) in [4.78, 5) is 12.5. The second-order valence-corrected chi connectivity index (χ2v) is 6.19. The van der Waals surface area contributed by atoms with Crippen LogP contribution in [0.4, 0.5) is 22.7 Å². The third-order valence-electron chi connectivity index (χ3n) is 4.12. The molecular weight excluding hydrogens is 330 g/mol. The number of nitriles is 1. The average Bonchev–Trinajstić information content (AvgIpc) is 2.59. The van der Waals surface area contributed by atoms with Gasteiger partial charge in [0.1, 0.15) is 0 Å². The smallest absolute Gasteiger partial charge is 0.270 e. The number of hydrogen-bond acceptors (Lipinski definition) is 6. The first kappa shape index (κ1) is 19.1. The Morgan fingerprint density at radius 3 is 2.31 bits per heavy atom.